The van der Waals surface area contributed by atoms with E-state index in [9.17, 15) is 0 Å². The number of thioether (sulfide) groups is 1. The maximum atomic E-state index is 5.99. The molecule has 1 aromatic rings. The van der Waals surface area contributed by atoms with Gasteiger partial charge in [0.2, 0.25) is 0 Å². The summed E-state index contributed by atoms with van der Waals surface area (Å²) in [4.78, 5) is 4.11. The van der Waals surface area contributed by atoms with Crippen LogP contribution in [0.1, 0.15) is 12.5 Å². The Balaban J connectivity index is 2.75. The van der Waals surface area contributed by atoms with Gasteiger partial charge in [-0.1, -0.05) is 72.8 Å². The number of aliphatic imine (C=N–C) groups is 1. The molecule has 0 saturated carbocycles. The molecule has 0 fully saturated rings. The molecule has 0 spiro atoms. The van der Waals surface area contributed by atoms with E-state index in [0.29, 0.717) is 9.49 Å². The Labute approximate surface area is 98.6 Å². The molecule has 0 aliphatic heterocycles. The quantitative estimate of drug-likeness (QED) is 0.580. The lowest BCUT2D eigenvalue weighted by molar-refractivity contribution is 1.54. The first-order valence-corrected chi connectivity index (χ1v) is 5.97. The zero-order valence-electron chi connectivity index (χ0n) is 7.74. The minimum absolute atomic E-state index is 0.455. The molecule has 1 nitrogen and oxygen atoms in total. The van der Waals surface area contributed by atoms with Gasteiger partial charge in [0.25, 0.3) is 0 Å². The van der Waals surface area contributed by atoms with Crippen LogP contribution in [0.4, 0.5) is 0 Å². The van der Waals surface area contributed by atoms with E-state index < -0.39 is 0 Å². The van der Waals surface area contributed by atoms with Gasteiger partial charge in [0.1, 0.15) is 5.17 Å². The van der Waals surface area contributed by atoms with Crippen molar-refractivity contribution < 1.29 is 0 Å². The van der Waals surface area contributed by atoms with Gasteiger partial charge in [-0.3, -0.25) is 0 Å². The summed E-state index contributed by atoms with van der Waals surface area (Å²) in [5.74, 6) is 0.918. The Kier molecular flexibility index (Phi) is 5.15. The van der Waals surface area contributed by atoms with Crippen LogP contribution in [-0.2, 0) is 0 Å². The molecule has 0 bridgehead atoms. The lowest BCUT2D eigenvalue weighted by atomic mass is 10.2. The normalized spacial score (nSPS) is 11.4. The number of thiocarbonyl (C=S) groups is 1. The second-order valence-corrected chi connectivity index (χ2v) is 4.72. The number of rotatable bonds is 2. The molecule has 0 saturated heterocycles. The summed E-state index contributed by atoms with van der Waals surface area (Å²) in [7, 11) is 0. The predicted molar refractivity (Wildman–Crippen MR) is 69.6 cm³/mol. The molecule has 0 N–H and O–H groups in total. The van der Waals surface area contributed by atoms with E-state index >= 15 is 0 Å². The van der Waals surface area contributed by atoms with Crippen LogP contribution < -0.4 is 0 Å². The fourth-order valence-electron chi connectivity index (χ4n) is 0.876. The third-order valence-corrected chi connectivity index (χ3v) is 2.84. The summed E-state index contributed by atoms with van der Waals surface area (Å²) in [5.41, 5.74) is 0.896. The largest absolute Gasteiger partial charge is 0.217 e. The number of hydrogen-bond acceptors (Lipinski definition) is 2. The fraction of sp³-hybridized carbons (Fsp3) is 0.200. The topological polar surface area (TPSA) is 12.4 Å². The molecule has 0 aliphatic rings. The summed E-state index contributed by atoms with van der Waals surface area (Å²) in [6, 6.07) is 9.59. The summed E-state index contributed by atoms with van der Waals surface area (Å²) in [6.07, 6.45) is 0. The van der Waals surface area contributed by atoms with Gasteiger partial charge in [0.15, 0.2) is 4.32 Å². The maximum Gasteiger partial charge on any atom is 0.161 e. The molecule has 0 radical (unpaired) electrons. The van der Waals surface area contributed by atoms with E-state index in [1.165, 1.54) is 11.8 Å². The number of hydrogen-bond donors (Lipinski definition) is 0. The van der Waals surface area contributed by atoms with Crippen LogP contribution in [0.15, 0.2) is 35.3 Å². The van der Waals surface area contributed by atoms with Gasteiger partial charge in [-0.05, 0) is 5.75 Å². The van der Waals surface area contributed by atoms with Gasteiger partial charge in [0.05, 0.1) is 0 Å². The smallest absolute Gasteiger partial charge is 0.161 e. The highest BCUT2D eigenvalue weighted by Crippen LogP contribution is 2.10. The molecule has 0 aliphatic carbocycles. The zero-order chi connectivity index (χ0) is 10.4. The molecule has 1 rings (SSSR count). The van der Waals surface area contributed by atoms with Crippen molar-refractivity contribution in [2.24, 2.45) is 4.99 Å². The monoisotopic (exact) mass is 243 g/mol. The van der Waals surface area contributed by atoms with Crippen LogP contribution in [0, 0.1) is 0 Å². The second kappa shape index (κ2) is 6.17. The Hall–Kier alpha value is -0.380. The van der Waals surface area contributed by atoms with E-state index in [1.54, 1.807) is 0 Å². The van der Waals surface area contributed by atoms with E-state index in [1.807, 2.05) is 37.3 Å². The average Bonchev–Trinajstić information content (AvgIpc) is 2.19. The van der Waals surface area contributed by atoms with E-state index in [2.05, 4.69) is 4.99 Å². The van der Waals surface area contributed by atoms with Crippen molar-refractivity contribution in [3.8, 4) is 0 Å². The summed E-state index contributed by atoms with van der Waals surface area (Å²) in [6.45, 7) is 2.03. The molecule has 0 aromatic heterocycles. The van der Waals surface area contributed by atoms with Crippen molar-refractivity contribution in [1.82, 2.24) is 0 Å². The molecule has 4 heteroatoms. The van der Waals surface area contributed by atoms with Crippen LogP contribution in [0.2, 0.25) is 0 Å². The second-order valence-electron chi connectivity index (χ2n) is 2.47. The first kappa shape index (κ1) is 11.7. The third-order valence-electron chi connectivity index (χ3n) is 1.47. The molecule has 1 aromatic carbocycles. The summed E-state index contributed by atoms with van der Waals surface area (Å²) >= 11 is 12.5. The number of benzene rings is 1. The molecule has 0 atom stereocenters. The Morgan fingerprint density at radius 2 is 2.07 bits per heavy atom. The van der Waals surface area contributed by atoms with Crippen LogP contribution in [0.5, 0.6) is 0 Å². The highest BCUT2D eigenvalue weighted by Gasteiger charge is 2.00. The average molecular weight is 244 g/mol. The highest BCUT2D eigenvalue weighted by atomic mass is 35.5. The molecule has 74 valence electrons. The first-order valence-electron chi connectivity index (χ1n) is 4.20. The van der Waals surface area contributed by atoms with Crippen LogP contribution in [-0.4, -0.2) is 15.2 Å². The standard InChI is InChI=1S/C10H10ClNS2/c1-2-14-10(13)12-9(11)8-6-4-3-5-7-8/h3-7H,2H2,1H3/b12-9-. The van der Waals surface area contributed by atoms with Gasteiger partial charge in [-0.25, -0.2) is 4.99 Å². The molecular weight excluding hydrogens is 234 g/mol. The van der Waals surface area contributed by atoms with Gasteiger partial charge in [-0.15, -0.1) is 0 Å². The van der Waals surface area contributed by atoms with Gasteiger partial charge >= 0.3 is 0 Å². The fourth-order valence-corrected chi connectivity index (χ4v) is 2.03. The lowest BCUT2D eigenvalue weighted by Crippen LogP contribution is -1.94. The SMILES string of the molecule is CCSC(=S)/N=C(\Cl)c1ccccc1. The maximum absolute atomic E-state index is 5.99. The van der Waals surface area contributed by atoms with Crippen molar-refractivity contribution in [1.29, 1.82) is 0 Å². The van der Waals surface area contributed by atoms with Gasteiger partial charge in [-0.2, -0.15) is 0 Å². The van der Waals surface area contributed by atoms with Crippen molar-refractivity contribution in [3.05, 3.63) is 35.9 Å². The summed E-state index contributed by atoms with van der Waals surface area (Å²) < 4.78 is 0.585. The Morgan fingerprint density at radius 3 is 2.64 bits per heavy atom. The van der Waals surface area contributed by atoms with Crippen LogP contribution in [0.25, 0.3) is 0 Å². The van der Waals surface area contributed by atoms with E-state index in [0.717, 1.165) is 11.3 Å². The van der Waals surface area contributed by atoms with Gasteiger partial charge < -0.3 is 0 Å². The molecule has 0 unspecified atom stereocenters. The van der Waals surface area contributed by atoms with E-state index in [4.69, 9.17) is 23.8 Å². The minimum atomic E-state index is 0.455. The minimum Gasteiger partial charge on any atom is -0.217 e. The summed E-state index contributed by atoms with van der Waals surface area (Å²) in [5, 5.41) is 0.455. The van der Waals surface area contributed by atoms with Crippen molar-refractivity contribution in [2.45, 2.75) is 6.92 Å². The van der Waals surface area contributed by atoms with Crippen LogP contribution >= 0.6 is 35.6 Å². The predicted octanol–water partition coefficient (Wildman–Crippen LogP) is 3.71. The third kappa shape index (κ3) is 3.78. The molecular formula is C10H10ClNS2. The number of halogens is 1. The van der Waals surface area contributed by atoms with E-state index in [-0.39, 0.29) is 0 Å². The van der Waals surface area contributed by atoms with Gasteiger partial charge in [0, 0.05) is 5.56 Å². The zero-order valence-corrected chi connectivity index (χ0v) is 10.1. The molecule has 0 heterocycles. The van der Waals surface area contributed by atoms with Crippen molar-refractivity contribution >= 4 is 45.1 Å². The first-order chi connectivity index (χ1) is 6.74. The Morgan fingerprint density at radius 1 is 1.43 bits per heavy atom. The molecule has 14 heavy (non-hydrogen) atoms. The highest BCUT2D eigenvalue weighted by molar-refractivity contribution is 8.23. The lowest BCUT2D eigenvalue weighted by Gasteiger charge is -1.98. The Bertz CT molecular complexity index is 335. The number of nitrogens with zero attached hydrogens (tertiary/aromatic N) is 1. The van der Waals surface area contributed by atoms with Crippen molar-refractivity contribution in [2.75, 3.05) is 5.75 Å². The van der Waals surface area contributed by atoms with Crippen LogP contribution in [0.3, 0.4) is 0 Å². The van der Waals surface area contributed by atoms with Crippen molar-refractivity contribution in [3.63, 3.8) is 0 Å². The molecule has 0 amide bonds.